The third-order valence-corrected chi connectivity index (χ3v) is 6.87. The molecule has 2 aliphatic heterocycles. The van der Waals surface area contributed by atoms with E-state index < -0.39 is 0 Å². The molecule has 0 aliphatic carbocycles. The molecule has 0 aromatic heterocycles. The smallest absolute Gasteiger partial charge is 0.409 e. The number of thiocarbonyl (C=S) groups is 1. The number of piperazine rings is 1. The lowest BCUT2D eigenvalue weighted by Crippen LogP contribution is -2.50. The van der Waals surface area contributed by atoms with Gasteiger partial charge in [0.25, 0.3) is 5.91 Å². The number of rotatable bonds is 7. The van der Waals surface area contributed by atoms with Gasteiger partial charge in [0.05, 0.1) is 11.5 Å². The van der Waals surface area contributed by atoms with Crippen LogP contribution in [0.2, 0.25) is 0 Å². The largest absolute Gasteiger partial charge is 0.450 e. The van der Waals surface area contributed by atoms with Crippen molar-refractivity contribution in [3.05, 3.63) is 40.3 Å². The van der Waals surface area contributed by atoms with Gasteiger partial charge in [-0.1, -0.05) is 55.2 Å². The van der Waals surface area contributed by atoms with Crippen molar-refractivity contribution in [2.24, 2.45) is 0 Å². The summed E-state index contributed by atoms with van der Waals surface area (Å²) in [6, 6.07) is 8.13. The highest BCUT2D eigenvalue weighted by atomic mass is 32.2. The lowest BCUT2D eigenvalue weighted by molar-refractivity contribution is -0.133. The van der Waals surface area contributed by atoms with Crippen LogP contribution in [-0.2, 0) is 20.7 Å². The van der Waals surface area contributed by atoms with E-state index in [1.165, 1.54) is 17.3 Å². The van der Waals surface area contributed by atoms with Crippen molar-refractivity contribution >= 4 is 52.3 Å². The summed E-state index contributed by atoms with van der Waals surface area (Å²) in [5, 5.41) is 0. The van der Waals surface area contributed by atoms with Crippen molar-refractivity contribution in [3.63, 3.8) is 0 Å². The quantitative estimate of drug-likeness (QED) is 0.444. The van der Waals surface area contributed by atoms with Gasteiger partial charge in [-0.3, -0.25) is 14.5 Å². The zero-order valence-electron chi connectivity index (χ0n) is 18.5. The molecule has 0 radical (unpaired) electrons. The molecule has 1 aromatic rings. The van der Waals surface area contributed by atoms with Gasteiger partial charge in [0, 0.05) is 39.1 Å². The Labute approximate surface area is 198 Å². The molecule has 2 aliphatic rings. The Bertz CT molecular complexity index is 893. The van der Waals surface area contributed by atoms with Crippen LogP contribution < -0.4 is 0 Å². The van der Waals surface area contributed by atoms with Gasteiger partial charge in [0.1, 0.15) is 4.32 Å². The first kappa shape index (κ1) is 24.3. The minimum atomic E-state index is -0.330. The monoisotopic (exact) mass is 475 g/mol. The molecule has 0 bridgehead atoms. The van der Waals surface area contributed by atoms with E-state index in [1.807, 2.05) is 18.2 Å². The van der Waals surface area contributed by atoms with Crippen molar-refractivity contribution in [1.82, 2.24) is 14.7 Å². The molecule has 2 heterocycles. The number of aryl methyl sites for hydroxylation is 1. The average Bonchev–Trinajstić information content (AvgIpc) is 3.07. The highest BCUT2D eigenvalue weighted by Crippen LogP contribution is 2.32. The van der Waals surface area contributed by atoms with Gasteiger partial charge in [-0.2, -0.15) is 0 Å². The molecule has 1 aromatic carbocycles. The predicted molar refractivity (Wildman–Crippen MR) is 130 cm³/mol. The van der Waals surface area contributed by atoms with Gasteiger partial charge in [-0.15, -0.1) is 0 Å². The lowest BCUT2D eigenvalue weighted by atomic mass is 10.1. The maximum absolute atomic E-state index is 12.8. The molecule has 0 saturated carbocycles. The first-order valence-corrected chi connectivity index (χ1v) is 12.2. The van der Waals surface area contributed by atoms with Crippen LogP contribution >= 0.6 is 24.0 Å². The fraction of sp³-hybridized carbons (Fsp3) is 0.478. The first-order chi connectivity index (χ1) is 15.4. The number of hydrogen-bond donors (Lipinski definition) is 0. The SMILES string of the molecule is CCOC(=O)N1CCN(C(=O)CCCN2C(=O)/C(=C/c3ccc(CC)cc3)SC2=S)CC1. The summed E-state index contributed by atoms with van der Waals surface area (Å²) in [5.74, 6) is -0.0689. The van der Waals surface area contributed by atoms with Gasteiger partial charge in [-0.25, -0.2) is 4.79 Å². The minimum Gasteiger partial charge on any atom is -0.450 e. The summed E-state index contributed by atoms with van der Waals surface area (Å²) < 4.78 is 5.53. The topological polar surface area (TPSA) is 70.2 Å². The number of carbonyl (C=O) groups excluding carboxylic acids is 3. The molecule has 32 heavy (non-hydrogen) atoms. The molecular formula is C23H29N3O4S2. The maximum Gasteiger partial charge on any atom is 0.409 e. The van der Waals surface area contributed by atoms with Crippen molar-refractivity contribution in [3.8, 4) is 0 Å². The van der Waals surface area contributed by atoms with E-state index in [9.17, 15) is 14.4 Å². The van der Waals surface area contributed by atoms with E-state index >= 15 is 0 Å². The first-order valence-electron chi connectivity index (χ1n) is 11.0. The van der Waals surface area contributed by atoms with Crippen LogP contribution in [0.15, 0.2) is 29.2 Å². The lowest BCUT2D eigenvalue weighted by Gasteiger charge is -2.34. The van der Waals surface area contributed by atoms with Crippen LogP contribution in [0.4, 0.5) is 4.79 Å². The Morgan fingerprint density at radius 2 is 1.75 bits per heavy atom. The molecule has 2 saturated heterocycles. The van der Waals surface area contributed by atoms with Gasteiger partial charge < -0.3 is 14.5 Å². The zero-order valence-corrected chi connectivity index (χ0v) is 20.2. The highest BCUT2D eigenvalue weighted by molar-refractivity contribution is 8.26. The number of amides is 3. The zero-order chi connectivity index (χ0) is 23.1. The van der Waals surface area contributed by atoms with E-state index in [0.29, 0.717) is 61.4 Å². The van der Waals surface area contributed by atoms with E-state index in [1.54, 1.807) is 21.6 Å². The standard InChI is InChI=1S/C23H29N3O4S2/c1-3-17-7-9-18(10-8-17)16-19-21(28)26(23(31)32-19)11-5-6-20(27)24-12-14-25(15-13-24)22(29)30-4-2/h7-10,16H,3-6,11-15H2,1-2H3/b19-16-. The molecule has 2 fully saturated rings. The molecule has 0 unspecified atom stereocenters. The summed E-state index contributed by atoms with van der Waals surface area (Å²) in [5.41, 5.74) is 2.22. The fourth-order valence-corrected chi connectivity index (χ4v) is 4.90. The summed E-state index contributed by atoms with van der Waals surface area (Å²) in [7, 11) is 0. The van der Waals surface area contributed by atoms with Crippen molar-refractivity contribution in [2.45, 2.75) is 33.1 Å². The summed E-state index contributed by atoms with van der Waals surface area (Å²) in [4.78, 5) is 42.7. The predicted octanol–water partition coefficient (Wildman–Crippen LogP) is 3.53. The number of thioether (sulfide) groups is 1. The second-order valence-corrected chi connectivity index (χ2v) is 9.27. The van der Waals surface area contributed by atoms with E-state index in [2.05, 4.69) is 19.1 Å². The van der Waals surface area contributed by atoms with Crippen LogP contribution in [0.1, 0.15) is 37.8 Å². The second-order valence-electron chi connectivity index (χ2n) is 7.60. The molecule has 0 atom stereocenters. The molecule has 0 N–H and O–H groups in total. The average molecular weight is 476 g/mol. The van der Waals surface area contributed by atoms with Gasteiger partial charge in [0.2, 0.25) is 5.91 Å². The number of carbonyl (C=O) groups is 3. The van der Waals surface area contributed by atoms with Crippen LogP contribution in [0, 0.1) is 0 Å². The normalized spacial score (nSPS) is 17.9. The fourth-order valence-electron chi connectivity index (χ4n) is 3.59. The van der Waals surface area contributed by atoms with Crippen molar-refractivity contribution < 1.29 is 19.1 Å². The van der Waals surface area contributed by atoms with Gasteiger partial charge in [0.15, 0.2) is 0 Å². The van der Waals surface area contributed by atoms with Crippen molar-refractivity contribution in [2.75, 3.05) is 39.3 Å². The van der Waals surface area contributed by atoms with E-state index in [4.69, 9.17) is 17.0 Å². The third kappa shape index (κ3) is 6.10. The molecule has 3 rings (SSSR count). The summed E-state index contributed by atoms with van der Waals surface area (Å²) in [6.45, 7) is 6.59. The maximum atomic E-state index is 12.8. The summed E-state index contributed by atoms with van der Waals surface area (Å²) >= 11 is 6.70. The second kappa shape index (κ2) is 11.5. The Morgan fingerprint density at radius 3 is 2.38 bits per heavy atom. The highest BCUT2D eigenvalue weighted by Gasteiger charge is 2.32. The molecular weight excluding hydrogens is 446 g/mol. The Kier molecular flexibility index (Phi) is 8.69. The summed E-state index contributed by atoms with van der Waals surface area (Å²) in [6.07, 6.45) is 3.40. The molecule has 9 heteroatoms. The van der Waals surface area contributed by atoms with Crippen LogP contribution in [0.25, 0.3) is 6.08 Å². The van der Waals surface area contributed by atoms with Gasteiger partial charge >= 0.3 is 6.09 Å². The Morgan fingerprint density at radius 1 is 1.09 bits per heavy atom. The minimum absolute atomic E-state index is 0.0329. The van der Waals surface area contributed by atoms with Crippen LogP contribution in [0.5, 0.6) is 0 Å². The molecule has 0 spiro atoms. The Hall–Kier alpha value is -2.39. The van der Waals surface area contributed by atoms with Crippen molar-refractivity contribution in [1.29, 1.82) is 0 Å². The molecule has 7 nitrogen and oxygen atoms in total. The number of benzene rings is 1. The molecule has 172 valence electrons. The van der Waals surface area contributed by atoms with E-state index in [0.717, 1.165) is 12.0 Å². The Balaban J connectivity index is 1.46. The van der Waals surface area contributed by atoms with Crippen LogP contribution in [0.3, 0.4) is 0 Å². The van der Waals surface area contributed by atoms with Crippen LogP contribution in [-0.4, -0.2) is 76.3 Å². The number of ether oxygens (including phenoxy) is 1. The van der Waals surface area contributed by atoms with Gasteiger partial charge in [-0.05, 0) is 37.0 Å². The number of nitrogens with zero attached hydrogens (tertiary/aromatic N) is 3. The third-order valence-electron chi connectivity index (χ3n) is 5.49. The number of hydrogen-bond acceptors (Lipinski definition) is 6. The van der Waals surface area contributed by atoms with E-state index in [-0.39, 0.29) is 17.9 Å². The molecule has 3 amide bonds.